The van der Waals surface area contributed by atoms with Crippen LogP contribution in [0.4, 0.5) is 0 Å². The molecule has 0 aliphatic carbocycles. The molecule has 2 nitrogen and oxygen atoms in total. The Morgan fingerprint density at radius 1 is 1.35 bits per heavy atom. The maximum absolute atomic E-state index is 5.54. The molecule has 2 heteroatoms. The second kappa shape index (κ2) is 4.69. The van der Waals surface area contributed by atoms with Crippen LogP contribution in [0.5, 0.6) is 5.75 Å². The second-order valence-corrected chi connectivity index (χ2v) is 5.53. The van der Waals surface area contributed by atoms with Gasteiger partial charge in [-0.15, -0.1) is 0 Å². The minimum atomic E-state index is 0.673. The molecule has 2 unspecified atom stereocenters. The standard InChI is InChI=1S/C15H21NO/c1-11-2-4-14(16-10-11)9-12-3-5-15-13(8-12)6-7-17-15/h3,5,8,11,14,16H,2,4,6-7,9-10H2,1H3. The lowest BCUT2D eigenvalue weighted by atomic mass is 9.92. The lowest BCUT2D eigenvalue weighted by molar-refractivity contribution is 0.326. The SMILES string of the molecule is CC1CCC(Cc2ccc3c(c2)CCO3)NC1. The van der Waals surface area contributed by atoms with Crippen molar-refractivity contribution in [3.8, 4) is 5.75 Å². The zero-order valence-electron chi connectivity index (χ0n) is 10.5. The van der Waals surface area contributed by atoms with E-state index in [1.807, 2.05) is 0 Å². The highest BCUT2D eigenvalue weighted by Crippen LogP contribution is 2.27. The minimum Gasteiger partial charge on any atom is -0.493 e. The van der Waals surface area contributed by atoms with Crippen molar-refractivity contribution in [2.75, 3.05) is 13.2 Å². The summed E-state index contributed by atoms with van der Waals surface area (Å²) in [5.74, 6) is 1.94. The summed E-state index contributed by atoms with van der Waals surface area (Å²) in [6, 6.07) is 7.38. The van der Waals surface area contributed by atoms with Crippen molar-refractivity contribution in [3.63, 3.8) is 0 Å². The van der Waals surface area contributed by atoms with Crippen LogP contribution in [0.3, 0.4) is 0 Å². The van der Waals surface area contributed by atoms with Gasteiger partial charge in [0.05, 0.1) is 6.61 Å². The van der Waals surface area contributed by atoms with Crippen LogP contribution in [0.1, 0.15) is 30.9 Å². The molecule has 0 spiro atoms. The Morgan fingerprint density at radius 2 is 2.29 bits per heavy atom. The zero-order valence-corrected chi connectivity index (χ0v) is 10.5. The molecule has 0 radical (unpaired) electrons. The maximum Gasteiger partial charge on any atom is 0.122 e. The van der Waals surface area contributed by atoms with Gasteiger partial charge >= 0.3 is 0 Å². The summed E-state index contributed by atoms with van der Waals surface area (Å²) in [6.45, 7) is 4.37. The largest absolute Gasteiger partial charge is 0.493 e. The first-order valence-electron chi connectivity index (χ1n) is 6.79. The third-order valence-corrected chi connectivity index (χ3v) is 4.00. The third kappa shape index (κ3) is 2.47. The Balaban J connectivity index is 1.65. The molecule has 2 atom stereocenters. The average Bonchev–Trinajstić information content (AvgIpc) is 2.79. The van der Waals surface area contributed by atoms with Gasteiger partial charge in [0.25, 0.3) is 0 Å². The summed E-state index contributed by atoms with van der Waals surface area (Å²) in [5.41, 5.74) is 2.85. The monoisotopic (exact) mass is 231 g/mol. The van der Waals surface area contributed by atoms with Crippen molar-refractivity contribution in [2.24, 2.45) is 5.92 Å². The number of piperidine rings is 1. The molecule has 1 saturated heterocycles. The fourth-order valence-corrected chi connectivity index (χ4v) is 2.88. The van der Waals surface area contributed by atoms with Crippen LogP contribution in [0.15, 0.2) is 18.2 Å². The molecule has 0 amide bonds. The van der Waals surface area contributed by atoms with E-state index >= 15 is 0 Å². The fourth-order valence-electron chi connectivity index (χ4n) is 2.88. The number of rotatable bonds is 2. The Labute approximate surface area is 103 Å². The van der Waals surface area contributed by atoms with E-state index in [-0.39, 0.29) is 0 Å². The molecule has 3 rings (SSSR count). The van der Waals surface area contributed by atoms with Gasteiger partial charge in [0, 0.05) is 12.5 Å². The predicted octanol–water partition coefficient (Wildman–Crippen LogP) is 2.55. The molecule has 0 bridgehead atoms. The maximum atomic E-state index is 5.54. The van der Waals surface area contributed by atoms with Crippen LogP contribution < -0.4 is 10.1 Å². The first-order valence-corrected chi connectivity index (χ1v) is 6.79. The molecule has 1 fully saturated rings. The molecule has 1 aromatic rings. The van der Waals surface area contributed by atoms with Crippen LogP contribution >= 0.6 is 0 Å². The van der Waals surface area contributed by atoms with Gasteiger partial charge in [0.1, 0.15) is 5.75 Å². The summed E-state index contributed by atoms with van der Waals surface area (Å²) >= 11 is 0. The first kappa shape index (κ1) is 11.1. The van der Waals surface area contributed by atoms with E-state index in [1.165, 1.54) is 36.9 Å². The van der Waals surface area contributed by atoms with Gasteiger partial charge in [0.2, 0.25) is 0 Å². The minimum absolute atomic E-state index is 0.673. The molecular formula is C15H21NO. The van der Waals surface area contributed by atoms with E-state index in [0.717, 1.165) is 24.7 Å². The third-order valence-electron chi connectivity index (χ3n) is 4.00. The van der Waals surface area contributed by atoms with E-state index in [1.54, 1.807) is 0 Å². The molecule has 2 heterocycles. The average molecular weight is 231 g/mol. The van der Waals surface area contributed by atoms with E-state index in [4.69, 9.17) is 4.74 Å². The molecule has 2 aliphatic heterocycles. The molecule has 1 aromatic carbocycles. The fraction of sp³-hybridized carbons (Fsp3) is 0.600. The van der Waals surface area contributed by atoms with Gasteiger partial charge in [-0.25, -0.2) is 0 Å². The van der Waals surface area contributed by atoms with E-state index in [9.17, 15) is 0 Å². The van der Waals surface area contributed by atoms with Crippen LogP contribution in [-0.4, -0.2) is 19.2 Å². The topological polar surface area (TPSA) is 21.3 Å². The quantitative estimate of drug-likeness (QED) is 0.844. The van der Waals surface area contributed by atoms with E-state index < -0.39 is 0 Å². The number of fused-ring (bicyclic) bond motifs is 1. The zero-order chi connectivity index (χ0) is 11.7. The van der Waals surface area contributed by atoms with Crippen molar-refractivity contribution in [2.45, 2.75) is 38.6 Å². The molecule has 2 aliphatic rings. The Bertz CT molecular complexity index is 394. The lowest BCUT2D eigenvalue weighted by Gasteiger charge is -2.28. The van der Waals surface area contributed by atoms with Gasteiger partial charge in [-0.2, -0.15) is 0 Å². The number of hydrogen-bond acceptors (Lipinski definition) is 2. The highest BCUT2D eigenvalue weighted by molar-refractivity contribution is 5.40. The smallest absolute Gasteiger partial charge is 0.122 e. The van der Waals surface area contributed by atoms with Crippen LogP contribution in [0, 0.1) is 5.92 Å². The van der Waals surface area contributed by atoms with Gasteiger partial charge in [0.15, 0.2) is 0 Å². The van der Waals surface area contributed by atoms with Crippen molar-refractivity contribution >= 4 is 0 Å². The summed E-state index contributed by atoms with van der Waals surface area (Å²) < 4.78 is 5.54. The van der Waals surface area contributed by atoms with Crippen LogP contribution in [-0.2, 0) is 12.8 Å². The van der Waals surface area contributed by atoms with Crippen LogP contribution in [0.2, 0.25) is 0 Å². The molecular weight excluding hydrogens is 210 g/mol. The number of ether oxygens (including phenoxy) is 1. The van der Waals surface area contributed by atoms with Gasteiger partial charge in [-0.3, -0.25) is 0 Å². The van der Waals surface area contributed by atoms with Gasteiger partial charge in [-0.1, -0.05) is 19.1 Å². The van der Waals surface area contributed by atoms with Crippen molar-refractivity contribution in [1.82, 2.24) is 5.32 Å². The predicted molar refractivity (Wildman–Crippen MR) is 69.5 cm³/mol. The van der Waals surface area contributed by atoms with Crippen molar-refractivity contribution in [3.05, 3.63) is 29.3 Å². The normalized spacial score (nSPS) is 27.6. The summed E-state index contributed by atoms with van der Waals surface area (Å²) in [7, 11) is 0. The number of nitrogens with one attached hydrogen (secondary N) is 1. The Kier molecular flexibility index (Phi) is 3.06. The molecule has 17 heavy (non-hydrogen) atoms. The van der Waals surface area contributed by atoms with Crippen molar-refractivity contribution < 1.29 is 4.74 Å². The van der Waals surface area contributed by atoms with Gasteiger partial charge in [-0.05, 0) is 48.9 Å². The summed E-state index contributed by atoms with van der Waals surface area (Å²) in [4.78, 5) is 0. The number of benzene rings is 1. The first-order chi connectivity index (χ1) is 8.31. The second-order valence-electron chi connectivity index (χ2n) is 5.53. The van der Waals surface area contributed by atoms with Gasteiger partial charge < -0.3 is 10.1 Å². The van der Waals surface area contributed by atoms with Crippen molar-refractivity contribution in [1.29, 1.82) is 0 Å². The number of hydrogen-bond donors (Lipinski definition) is 1. The Morgan fingerprint density at radius 3 is 3.12 bits per heavy atom. The summed E-state index contributed by atoms with van der Waals surface area (Å²) in [6.07, 6.45) is 4.93. The van der Waals surface area contributed by atoms with E-state index in [0.29, 0.717) is 6.04 Å². The molecule has 0 aromatic heterocycles. The highest BCUT2D eigenvalue weighted by Gasteiger charge is 2.18. The summed E-state index contributed by atoms with van der Waals surface area (Å²) in [5, 5.41) is 3.65. The van der Waals surface area contributed by atoms with E-state index in [2.05, 4.69) is 30.4 Å². The lowest BCUT2D eigenvalue weighted by Crippen LogP contribution is -2.39. The van der Waals surface area contributed by atoms with Crippen LogP contribution in [0.25, 0.3) is 0 Å². The molecule has 92 valence electrons. The Hall–Kier alpha value is -1.02. The highest BCUT2D eigenvalue weighted by atomic mass is 16.5. The molecule has 1 N–H and O–H groups in total. The molecule has 0 saturated carbocycles.